The van der Waals surface area contributed by atoms with Crippen LogP contribution in [0.3, 0.4) is 0 Å². The lowest BCUT2D eigenvalue weighted by Crippen LogP contribution is -2.52. The lowest BCUT2D eigenvalue weighted by Gasteiger charge is -2.44. The van der Waals surface area contributed by atoms with Gasteiger partial charge in [-0.3, -0.25) is 4.90 Å². The fraction of sp³-hybridized carbons (Fsp3) is 1.00. The molecule has 0 amide bonds. The number of hydrogen-bond acceptors (Lipinski definition) is 3. The summed E-state index contributed by atoms with van der Waals surface area (Å²) in [7, 11) is 0. The molecule has 14 heavy (non-hydrogen) atoms. The Bertz CT molecular complexity index is 186. The molecule has 0 aromatic carbocycles. The van der Waals surface area contributed by atoms with Crippen LogP contribution < -0.4 is 5.73 Å². The van der Waals surface area contributed by atoms with Crippen LogP contribution in [-0.2, 0) is 4.74 Å². The van der Waals surface area contributed by atoms with Crippen LogP contribution in [0.5, 0.6) is 0 Å². The Morgan fingerprint density at radius 1 is 1.50 bits per heavy atom. The highest BCUT2D eigenvalue weighted by Gasteiger charge is 2.40. The molecule has 2 heterocycles. The minimum absolute atomic E-state index is 0.456. The van der Waals surface area contributed by atoms with E-state index < -0.39 is 0 Å². The first-order valence-electron chi connectivity index (χ1n) is 5.81. The molecule has 2 aliphatic rings. The summed E-state index contributed by atoms with van der Waals surface area (Å²) >= 11 is 0. The third-order valence-corrected chi connectivity index (χ3v) is 3.88. The summed E-state index contributed by atoms with van der Waals surface area (Å²) in [6, 6.07) is 0.638. The summed E-state index contributed by atoms with van der Waals surface area (Å²) in [6.07, 6.45) is 3.85. The summed E-state index contributed by atoms with van der Waals surface area (Å²) in [6.45, 7) is 7.44. The van der Waals surface area contributed by atoms with Crippen molar-refractivity contribution in [2.45, 2.75) is 32.2 Å². The monoisotopic (exact) mass is 198 g/mol. The minimum atomic E-state index is 0.456. The van der Waals surface area contributed by atoms with E-state index in [4.69, 9.17) is 10.5 Å². The van der Waals surface area contributed by atoms with E-state index in [0.29, 0.717) is 11.5 Å². The van der Waals surface area contributed by atoms with Gasteiger partial charge in [-0.25, -0.2) is 0 Å². The summed E-state index contributed by atoms with van der Waals surface area (Å²) in [5, 5.41) is 0. The molecule has 2 N–H and O–H groups in total. The molecule has 0 spiro atoms. The van der Waals surface area contributed by atoms with Crippen LogP contribution in [0, 0.1) is 5.41 Å². The summed E-state index contributed by atoms with van der Waals surface area (Å²) in [4.78, 5) is 2.58. The lowest BCUT2D eigenvalue weighted by atomic mass is 9.82. The summed E-state index contributed by atoms with van der Waals surface area (Å²) < 4.78 is 5.35. The van der Waals surface area contributed by atoms with E-state index in [1.807, 2.05) is 0 Å². The van der Waals surface area contributed by atoms with E-state index in [1.165, 1.54) is 32.4 Å². The third kappa shape index (κ3) is 1.81. The highest BCUT2D eigenvalue weighted by molar-refractivity contribution is 4.91. The first-order valence-corrected chi connectivity index (χ1v) is 5.81. The molecule has 0 radical (unpaired) electrons. The van der Waals surface area contributed by atoms with Crippen molar-refractivity contribution < 1.29 is 4.74 Å². The largest absolute Gasteiger partial charge is 0.380 e. The van der Waals surface area contributed by atoms with Gasteiger partial charge in [0.05, 0.1) is 13.2 Å². The first-order chi connectivity index (χ1) is 6.79. The van der Waals surface area contributed by atoms with E-state index in [-0.39, 0.29) is 0 Å². The molecule has 2 saturated heterocycles. The molecule has 3 heteroatoms. The van der Waals surface area contributed by atoms with E-state index in [2.05, 4.69) is 11.8 Å². The molecule has 82 valence electrons. The van der Waals surface area contributed by atoms with Crippen molar-refractivity contribution in [2.75, 3.05) is 32.8 Å². The summed E-state index contributed by atoms with van der Waals surface area (Å²) in [5.41, 5.74) is 6.23. The van der Waals surface area contributed by atoms with Crippen LogP contribution in [0.2, 0.25) is 0 Å². The first kappa shape index (κ1) is 10.4. The molecule has 0 aromatic rings. The van der Waals surface area contributed by atoms with Gasteiger partial charge < -0.3 is 10.5 Å². The van der Waals surface area contributed by atoms with Gasteiger partial charge >= 0.3 is 0 Å². The van der Waals surface area contributed by atoms with Crippen LogP contribution in [0.15, 0.2) is 0 Å². The van der Waals surface area contributed by atoms with Crippen LogP contribution in [-0.4, -0.2) is 43.8 Å². The van der Waals surface area contributed by atoms with Crippen LogP contribution >= 0.6 is 0 Å². The second-order valence-corrected chi connectivity index (χ2v) is 4.85. The second-order valence-electron chi connectivity index (χ2n) is 4.85. The molecular formula is C11H22N2O. The smallest absolute Gasteiger partial charge is 0.0557 e. The maximum Gasteiger partial charge on any atom is 0.0557 e. The van der Waals surface area contributed by atoms with E-state index >= 15 is 0 Å². The van der Waals surface area contributed by atoms with E-state index in [1.54, 1.807) is 0 Å². The van der Waals surface area contributed by atoms with Gasteiger partial charge in [0.1, 0.15) is 0 Å². The Morgan fingerprint density at radius 2 is 2.29 bits per heavy atom. The fourth-order valence-electron chi connectivity index (χ4n) is 2.60. The van der Waals surface area contributed by atoms with Crippen LogP contribution in [0.25, 0.3) is 0 Å². The molecule has 3 nitrogen and oxygen atoms in total. The molecule has 0 aromatic heterocycles. The zero-order valence-corrected chi connectivity index (χ0v) is 9.17. The zero-order chi connectivity index (χ0) is 10.0. The SMILES string of the molecule is CCC1(CN2CCCC2CN)COC1. The molecule has 2 rings (SSSR count). The Hall–Kier alpha value is -0.120. The number of hydrogen-bond donors (Lipinski definition) is 1. The Balaban J connectivity index is 1.89. The molecule has 0 aliphatic carbocycles. The van der Waals surface area contributed by atoms with Crippen molar-refractivity contribution in [2.24, 2.45) is 11.1 Å². The topological polar surface area (TPSA) is 38.5 Å². The van der Waals surface area contributed by atoms with Crippen molar-refractivity contribution in [1.29, 1.82) is 0 Å². The standard InChI is InChI=1S/C11H22N2O/c1-2-11(8-14-9-11)7-13-5-3-4-10(13)6-12/h10H,2-9,12H2,1H3. The number of rotatable bonds is 4. The Labute approximate surface area is 86.6 Å². The number of nitrogens with two attached hydrogens (primary N) is 1. The quantitative estimate of drug-likeness (QED) is 0.727. The maximum absolute atomic E-state index is 5.77. The molecule has 2 fully saturated rings. The Kier molecular flexibility index (Phi) is 3.10. The summed E-state index contributed by atoms with van der Waals surface area (Å²) in [5.74, 6) is 0. The van der Waals surface area contributed by atoms with Gasteiger partial charge in [0, 0.05) is 24.5 Å². The van der Waals surface area contributed by atoms with Gasteiger partial charge in [-0.05, 0) is 25.8 Å². The predicted octanol–water partition coefficient (Wildman–Crippen LogP) is 0.836. The average Bonchev–Trinajstić information content (AvgIpc) is 2.58. The van der Waals surface area contributed by atoms with Gasteiger partial charge in [-0.2, -0.15) is 0 Å². The fourth-order valence-corrected chi connectivity index (χ4v) is 2.60. The van der Waals surface area contributed by atoms with Crippen LogP contribution in [0.1, 0.15) is 26.2 Å². The molecule has 1 atom stereocenters. The van der Waals surface area contributed by atoms with Crippen molar-refractivity contribution in [3.63, 3.8) is 0 Å². The number of nitrogens with zero attached hydrogens (tertiary/aromatic N) is 1. The highest BCUT2D eigenvalue weighted by Crippen LogP contribution is 2.34. The van der Waals surface area contributed by atoms with Gasteiger partial charge in [-0.15, -0.1) is 0 Å². The van der Waals surface area contributed by atoms with E-state index in [0.717, 1.165) is 19.8 Å². The maximum atomic E-state index is 5.77. The normalized spacial score (nSPS) is 31.7. The third-order valence-electron chi connectivity index (χ3n) is 3.88. The van der Waals surface area contributed by atoms with E-state index in [9.17, 15) is 0 Å². The highest BCUT2D eigenvalue weighted by atomic mass is 16.5. The molecule has 0 saturated carbocycles. The van der Waals surface area contributed by atoms with Gasteiger partial charge in [0.2, 0.25) is 0 Å². The van der Waals surface area contributed by atoms with Gasteiger partial charge in [0.15, 0.2) is 0 Å². The molecule has 2 aliphatic heterocycles. The van der Waals surface area contributed by atoms with Crippen molar-refractivity contribution in [3.05, 3.63) is 0 Å². The molecule has 0 bridgehead atoms. The second kappa shape index (κ2) is 4.17. The lowest BCUT2D eigenvalue weighted by molar-refractivity contribution is -0.129. The van der Waals surface area contributed by atoms with Crippen LogP contribution in [0.4, 0.5) is 0 Å². The van der Waals surface area contributed by atoms with Gasteiger partial charge in [0.25, 0.3) is 0 Å². The molecule has 1 unspecified atom stereocenters. The van der Waals surface area contributed by atoms with Crippen molar-refractivity contribution in [1.82, 2.24) is 4.90 Å². The van der Waals surface area contributed by atoms with Crippen molar-refractivity contribution >= 4 is 0 Å². The van der Waals surface area contributed by atoms with Crippen molar-refractivity contribution in [3.8, 4) is 0 Å². The minimum Gasteiger partial charge on any atom is -0.380 e. The molecular weight excluding hydrogens is 176 g/mol. The average molecular weight is 198 g/mol. The number of likely N-dealkylation sites (tertiary alicyclic amines) is 1. The zero-order valence-electron chi connectivity index (χ0n) is 9.17. The predicted molar refractivity (Wildman–Crippen MR) is 57.2 cm³/mol. The Morgan fingerprint density at radius 3 is 2.79 bits per heavy atom. The van der Waals surface area contributed by atoms with Gasteiger partial charge in [-0.1, -0.05) is 6.92 Å². The number of ether oxygens (including phenoxy) is 1.